The van der Waals surface area contributed by atoms with Gasteiger partial charge in [0.2, 0.25) is 5.82 Å². The largest absolute Gasteiger partial charge is 0.490 e. The van der Waals surface area contributed by atoms with Gasteiger partial charge in [0.25, 0.3) is 0 Å². The van der Waals surface area contributed by atoms with E-state index in [0.29, 0.717) is 12.3 Å². The van der Waals surface area contributed by atoms with E-state index in [4.69, 9.17) is 4.74 Å². The van der Waals surface area contributed by atoms with Gasteiger partial charge in [-0.2, -0.15) is 26.3 Å². The van der Waals surface area contributed by atoms with Crippen LogP contribution in [0.15, 0.2) is 29.4 Å². The molecule has 1 aromatic carbocycles. The molecule has 0 bridgehead atoms. The molecule has 0 radical (unpaired) electrons. The lowest BCUT2D eigenvalue weighted by molar-refractivity contribution is -0.138. The molecule has 2 aromatic rings. The van der Waals surface area contributed by atoms with Crippen molar-refractivity contribution in [3.8, 4) is 11.5 Å². The Morgan fingerprint density at radius 3 is 2.55 bits per heavy atom. The quantitative estimate of drug-likeness (QED) is 0.680. The van der Waals surface area contributed by atoms with E-state index >= 15 is 0 Å². The predicted octanol–water partition coefficient (Wildman–Crippen LogP) is 4.52. The highest BCUT2D eigenvalue weighted by Crippen LogP contribution is 2.41. The third-order valence-electron chi connectivity index (χ3n) is 4.54. The minimum atomic E-state index is -4.80. The van der Waals surface area contributed by atoms with E-state index in [1.54, 1.807) is 0 Å². The fraction of sp³-hybridized carbons (Fsp3) is 0.389. The van der Waals surface area contributed by atoms with Gasteiger partial charge in [-0.3, -0.25) is 4.99 Å². The van der Waals surface area contributed by atoms with E-state index < -0.39 is 41.3 Å². The van der Waals surface area contributed by atoms with Gasteiger partial charge in [-0.1, -0.05) is 0 Å². The second-order valence-electron chi connectivity index (χ2n) is 6.63. The molecule has 2 heterocycles. The van der Waals surface area contributed by atoms with Gasteiger partial charge in [-0.05, 0) is 25.1 Å². The Hall–Kier alpha value is -2.72. The lowest BCUT2D eigenvalue weighted by atomic mass is 9.87. The summed E-state index contributed by atoms with van der Waals surface area (Å²) in [5, 5.41) is 0. The highest BCUT2D eigenvalue weighted by molar-refractivity contribution is 5.42. The monoisotopic (exact) mass is 424 g/mol. The average Bonchev–Trinajstić information content (AvgIpc) is 2.60. The molecule has 11 heteroatoms. The second kappa shape index (κ2) is 7.27. The maximum Gasteiger partial charge on any atom is 0.417 e. The number of rotatable bonds is 3. The summed E-state index contributed by atoms with van der Waals surface area (Å²) >= 11 is 0. The lowest BCUT2D eigenvalue weighted by Gasteiger charge is -2.32. The minimum Gasteiger partial charge on any atom is -0.490 e. The van der Waals surface area contributed by atoms with Crippen LogP contribution in [0.4, 0.5) is 30.7 Å². The molecule has 29 heavy (non-hydrogen) atoms. The van der Waals surface area contributed by atoms with E-state index in [0.717, 1.165) is 10.6 Å². The van der Waals surface area contributed by atoms with Crippen LogP contribution in [0.3, 0.4) is 0 Å². The summed E-state index contributed by atoms with van der Waals surface area (Å²) in [6, 6.07) is 2.51. The van der Waals surface area contributed by atoms with Gasteiger partial charge in [-0.25, -0.2) is 4.39 Å². The minimum absolute atomic E-state index is 0.0667. The zero-order valence-corrected chi connectivity index (χ0v) is 15.2. The normalized spacial score (nSPS) is 19.9. The summed E-state index contributed by atoms with van der Waals surface area (Å²) in [5.74, 6) is -3.55. The molecule has 0 N–H and O–H groups in total. The number of hydrogen-bond donors (Lipinski definition) is 0. The van der Waals surface area contributed by atoms with Crippen molar-refractivity contribution >= 4 is 0 Å². The van der Waals surface area contributed by atoms with Crippen molar-refractivity contribution in [3.05, 3.63) is 52.6 Å². The van der Waals surface area contributed by atoms with Gasteiger partial charge in [0.15, 0.2) is 22.8 Å². The van der Waals surface area contributed by atoms with Gasteiger partial charge in [0, 0.05) is 25.2 Å². The van der Waals surface area contributed by atoms with Gasteiger partial charge in [0.05, 0.1) is 17.7 Å². The fourth-order valence-corrected chi connectivity index (χ4v) is 3.09. The molecule has 0 amide bonds. The molecule has 1 aromatic heterocycles. The van der Waals surface area contributed by atoms with Crippen LogP contribution in [-0.2, 0) is 18.8 Å². The van der Waals surface area contributed by atoms with Crippen LogP contribution in [0.5, 0.6) is 11.5 Å². The van der Waals surface area contributed by atoms with E-state index in [1.165, 1.54) is 20.0 Å². The molecule has 0 saturated heterocycles. The predicted molar refractivity (Wildman–Crippen MR) is 86.4 cm³/mol. The van der Waals surface area contributed by atoms with Crippen molar-refractivity contribution in [2.45, 2.75) is 31.7 Å². The maximum atomic E-state index is 14.1. The number of alkyl halides is 5. The summed E-state index contributed by atoms with van der Waals surface area (Å²) in [5.41, 5.74) is -2.69. The zero-order valence-electron chi connectivity index (χ0n) is 15.2. The number of hydrogen-bond acceptors (Lipinski definition) is 3. The number of aromatic nitrogens is 1. The zero-order chi connectivity index (χ0) is 21.6. The summed E-state index contributed by atoms with van der Waals surface area (Å²) in [6.45, 7) is -1.95. The topological polar surface area (TPSA) is 35.8 Å². The summed E-state index contributed by atoms with van der Waals surface area (Å²) in [6.07, 6.45) is -3.99. The van der Waals surface area contributed by atoms with Crippen molar-refractivity contribution in [1.82, 2.24) is 4.57 Å². The van der Waals surface area contributed by atoms with Crippen molar-refractivity contribution in [2.75, 3.05) is 6.61 Å². The Morgan fingerprint density at radius 2 is 1.93 bits per heavy atom. The number of nitrogens with zero attached hydrogens (tertiary/aromatic N) is 2. The van der Waals surface area contributed by atoms with Crippen LogP contribution in [-0.4, -0.2) is 17.8 Å². The summed E-state index contributed by atoms with van der Waals surface area (Å²) in [7, 11) is 1.18. The van der Waals surface area contributed by atoms with Crippen LogP contribution in [0.1, 0.15) is 24.5 Å². The molecule has 0 spiro atoms. The lowest BCUT2D eigenvalue weighted by Crippen LogP contribution is -2.34. The molecule has 0 saturated carbocycles. The van der Waals surface area contributed by atoms with Crippen LogP contribution in [0.25, 0.3) is 0 Å². The van der Waals surface area contributed by atoms with Crippen molar-refractivity contribution in [1.29, 1.82) is 0 Å². The van der Waals surface area contributed by atoms with Crippen LogP contribution < -0.4 is 15.0 Å². The Labute approximate surface area is 160 Å². The first-order valence-electron chi connectivity index (χ1n) is 8.32. The van der Waals surface area contributed by atoms with Crippen molar-refractivity contribution < 1.29 is 40.2 Å². The fourth-order valence-electron chi connectivity index (χ4n) is 3.09. The SMILES string of the molecule is Cn1cc(C(F)(F)F)cc(OC(F)F)c1=N[C@@]1(C)CCOc2c1ccc(F)c2F. The van der Waals surface area contributed by atoms with Crippen LogP contribution in [0.2, 0.25) is 0 Å². The molecule has 158 valence electrons. The molecular formula is C18H15F7N2O2. The Bertz CT molecular complexity index is 1000. The standard InChI is InChI=1S/C18H15F7N2O2/c1-17(5-6-28-14-10(17)3-4-11(19)13(14)20)26-15-12(29-16(21)22)7-9(8-27(15)2)18(23,24)25/h3-4,7-8,16H,5-6H2,1-2H3/t17-/m0/s1. The number of aryl methyl sites for hydroxylation is 1. The number of benzene rings is 1. The number of ether oxygens (including phenoxy) is 2. The highest BCUT2D eigenvalue weighted by atomic mass is 19.4. The van der Waals surface area contributed by atoms with Gasteiger partial charge < -0.3 is 14.0 Å². The first-order chi connectivity index (χ1) is 13.4. The molecule has 0 unspecified atom stereocenters. The maximum absolute atomic E-state index is 14.1. The van der Waals surface area contributed by atoms with Gasteiger partial charge in [0.1, 0.15) is 0 Å². The molecule has 4 nitrogen and oxygen atoms in total. The number of fused-ring (bicyclic) bond motifs is 1. The molecule has 0 fully saturated rings. The summed E-state index contributed by atoms with van der Waals surface area (Å²) < 4.78 is 103. The molecule has 1 aliphatic rings. The third-order valence-corrected chi connectivity index (χ3v) is 4.54. The van der Waals surface area contributed by atoms with E-state index in [1.807, 2.05) is 0 Å². The Balaban J connectivity index is 2.25. The first kappa shape index (κ1) is 21.0. The van der Waals surface area contributed by atoms with Crippen LogP contribution in [0, 0.1) is 11.6 Å². The first-order valence-corrected chi connectivity index (χ1v) is 8.32. The van der Waals surface area contributed by atoms with Gasteiger partial charge in [-0.15, -0.1) is 0 Å². The van der Waals surface area contributed by atoms with Crippen LogP contribution >= 0.6 is 0 Å². The van der Waals surface area contributed by atoms with Crippen molar-refractivity contribution in [3.63, 3.8) is 0 Å². The Morgan fingerprint density at radius 1 is 1.24 bits per heavy atom. The highest BCUT2D eigenvalue weighted by Gasteiger charge is 2.37. The summed E-state index contributed by atoms with van der Waals surface area (Å²) in [4.78, 5) is 4.31. The second-order valence-corrected chi connectivity index (χ2v) is 6.63. The van der Waals surface area contributed by atoms with Gasteiger partial charge >= 0.3 is 12.8 Å². The van der Waals surface area contributed by atoms with Crippen molar-refractivity contribution in [2.24, 2.45) is 12.0 Å². The van der Waals surface area contributed by atoms with E-state index in [2.05, 4.69) is 9.73 Å². The van der Waals surface area contributed by atoms with E-state index in [9.17, 15) is 30.7 Å². The molecule has 3 rings (SSSR count). The number of pyridine rings is 1. The third kappa shape index (κ3) is 4.03. The molecule has 0 aliphatic carbocycles. The Kier molecular flexibility index (Phi) is 5.26. The molecule has 1 atom stereocenters. The number of halogens is 7. The average molecular weight is 424 g/mol. The molecular weight excluding hydrogens is 409 g/mol. The van der Waals surface area contributed by atoms with E-state index in [-0.39, 0.29) is 29.8 Å². The molecule has 1 aliphatic heterocycles. The smallest absolute Gasteiger partial charge is 0.417 e.